The number of halogens is 2. The lowest BCUT2D eigenvalue weighted by Gasteiger charge is -2.16. The highest BCUT2D eigenvalue weighted by Gasteiger charge is 2.32. The van der Waals surface area contributed by atoms with E-state index in [0.717, 1.165) is 14.7 Å². The zero-order chi connectivity index (χ0) is 13.9. The van der Waals surface area contributed by atoms with Gasteiger partial charge < -0.3 is 4.74 Å². The molecule has 0 spiro atoms. The van der Waals surface area contributed by atoms with Crippen LogP contribution >= 0.6 is 22.6 Å². The van der Waals surface area contributed by atoms with E-state index < -0.39 is 12.7 Å². The van der Waals surface area contributed by atoms with Crippen LogP contribution in [0, 0.1) is 3.57 Å². The average molecular weight is 381 g/mol. The minimum absolute atomic E-state index is 0.341. The van der Waals surface area contributed by atoms with Crippen LogP contribution in [-0.4, -0.2) is 18.6 Å². The predicted octanol–water partition coefficient (Wildman–Crippen LogP) is 4.15. The summed E-state index contributed by atoms with van der Waals surface area (Å²) < 4.78 is 20.2. The van der Waals surface area contributed by atoms with Crippen LogP contribution in [0.1, 0.15) is 17.2 Å². The topological polar surface area (TPSA) is 21.6 Å². The summed E-state index contributed by atoms with van der Waals surface area (Å²) in [5.41, 5.74) is 1.85. The number of hydrogen-bond acceptors (Lipinski definition) is 2. The lowest BCUT2D eigenvalue weighted by Crippen LogP contribution is -2.16. The second kappa shape index (κ2) is 5.91. The Hall–Kier alpha value is -1.43. The molecule has 4 heteroatoms. The quantitative estimate of drug-likeness (QED) is 0.733. The van der Waals surface area contributed by atoms with Gasteiger partial charge >= 0.3 is 0 Å². The Morgan fingerprint density at radius 1 is 1.05 bits per heavy atom. The Kier molecular flexibility index (Phi) is 4.00. The van der Waals surface area contributed by atoms with Crippen molar-refractivity contribution < 1.29 is 9.13 Å². The van der Waals surface area contributed by atoms with E-state index in [0.29, 0.717) is 5.90 Å². The van der Waals surface area contributed by atoms with Gasteiger partial charge in [-0.3, -0.25) is 0 Å². The summed E-state index contributed by atoms with van der Waals surface area (Å²) in [4.78, 5) is 4.37. The summed E-state index contributed by atoms with van der Waals surface area (Å²) in [6, 6.07) is 17.1. The van der Waals surface area contributed by atoms with E-state index >= 15 is 0 Å². The molecule has 0 saturated heterocycles. The zero-order valence-electron chi connectivity index (χ0n) is 10.7. The van der Waals surface area contributed by atoms with E-state index in [4.69, 9.17) is 4.74 Å². The van der Waals surface area contributed by atoms with Crippen LogP contribution in [0.3, 0.4) is 0 Å². The first-order valence-electron chi connectivity index (χ1n) is 6.39. The number of benzene rings is 2. The van der Waals surface area contributed by atoms with Gasteiger partial charge in [-0.15, -0.1) is 0 Å². The summed E-state index contributed by atoms with van der Waals surface area (Å²) in [5.74, 6) is 0.525. The van der Waals surface area contributed by atoms with Crippen molar-refractivity contribution in [2.45, 2.75) is 12.1 Å². The number of aliphatic imine (C=N–C) groups is 1. The van der Waals surface area contributed by atoms with Crippen molar-refractivity contribution in [2.24, 2.45) is 4.99 Å². The van der Waals surface area contributed by atoms with Crippen LogP contribution in [0.2, 0.25) is 0 Å². The highest BCUT2D eigenvalue weighted by atomic mass is 127. The third-order valence-corrected chi connectivity index (χ3v) is 3.97. The molecular formula is C16H13FINO. The Labute approximate surface area is 130 Å². The maximum Gasteiger partial charge on any atom is 0.217 e. The molecule has 2 atom stereocenters. The molecule has 0 radical (unpaired) electrons. The molecule has 1 aliphatic heterocycles. The molecule has 102 valence electrons. The van der Waals surface area contributed by atoms with Gasteiger partial charge in [0.1, 0.15) is 12.7 Å². The molecule has 0 aromatic heterocycles. The monoisotopic (exact) mass is 381 g/mol. The van der Waals surface area contributed by atoms with Crippen molar-refractivity contribution >= 4 is 28.5 Å². The SMILES string of the molecule is FC[C@H]1N=C(c2ccccc2)O[C@@H]1c1ccc(I)cc1. The van der Waals surface area contributed by atoms with Crippen LogP contribution in [0.25, 0.3) is 0 Å². The van der Waals surface area contributed by atoms with E-state index in [1.165, 1.54) is 0 Å². The van der Waals surface area contributed by atoms with Gasteiger partial charge in [-0.05, 0) is 52.4 Å². The van der Waals surface area contributed by atoms with Crippen molar-refractivity contribution in [3.63, 3.8) is 0 Å². The minimum Gasteiger partial charge on any atom is -0.467 e. The fourth-order valence-corrected chi connectivity index (χ4v) is 2.59. The van der Waals surface area contributed by atoms with E-state index in [1.807, 2.05) is 54.6 Å². The Morgan fingerprint density at radius 3 is 2.40 bits per heavy atom. The molecule has 3 rings (SSSR count). The minimum atomic E-state index is -0.521. The molecule has 0 saturated carbocycles. The third kappa shape index (κ3) is 2.70. The van der Waals surface area contributed by atoms with Crippen LogP contribution in [0.5, 0.6) is 0 Å². The second-order valence-corrected chi connectivity index (χ2v) is 5.86. The van der Waals surface area contributed by atoms with Crippen molar-refractivity contribution in [1.82, 2.24) is 0 Å². The van der Waals surface area contributed by atoms with Crippen molar-refractivity contribution in [1.29, 1.82) is 0 Å². The molecule has 2 aromatic rings. The van der Waals surface area contributed by atoms with E-state index in [-0.39, 0.29) is 6.10 Å². The Balaban J connectivity index is 1.87. The number of rotatable bonds is 3. The highest BCUT2D eigenvalue weighted by Crippen LogP contribution is 2.31. The van der Waals surface area contributed by atoms with Gasteiger partial charge in [-0.1, -0.05) is 30.3 Å². The largest absolute Gasteiger partial charge is 0.467 e. The van der Waals surface area contributed by atoms with Gasteiger partial charge in [0.05, 0.1) is 0 Å². The average Bonchev–Trinajstić information content (AvgIpc) is 2.93. The third-order valence-electron chi connectivity index (χ3n) is 3.25. The molecule has 0 unspecified atom stereocenters. The van der Waals surface area contributed by atoms with Crippen LogP contribution < -0.4 is 0 Å². The van der Waals surface area contributed by atoms with Crippen LogP contribution in [-0.2, 0) is 4.74 Å². The standard InChI is InChI=1S/C16H13FINO/c17-10-14-15(11-6-8-13(18)9-7-11)20-16(19-14)12-4-2-1-3-5-12/h1-9,14-15H,10H2/t14-,15-/m1/s1. The molecule has 0 N–H and O–H groups in total. The molecular weight excluding hydrogens is 368 g/mol. The zero-order valence-corrected chi connectivity index (χ0v) is 12.8. The Morgan fingerprint density at radius 2 is 1.75 bits per heavy atom. The van der Waals surface area contributed by atoms with Crippen LogP contribution in [0.4, 0.5) is 4.39 Å². The van der Waals surface area contributed by atoms with Crippen molar-refractivity contribution in [3.8, 4) is 0 Å². The number of alkyl halides is 1. The highest BCUT2D eigenvalue weighted by molar-refractivity contribution is 14.1. The molecule has 0 amide bonds. The number of ether oxygens (including phenoxy) is 1. The first-order chi connectivity index (χ1) is 9.78. The van der Waals surface area contributed by atoms with Crippen molar-refractivity contribution in [3.05, 3.63) is 69.3 Å². The smallest absolute Gasteiger partial charge is 0.217 e. The van der Waals surface area contributed by atoms with Gasteiger partial charge in [-0.2, -0.15) is 0 Å². The molecule has 0 fully saturated rings. The Bertz CT molecular complexity index is 612. The fraction of sp³-hybridized carbons (Fsp3) is 0.188. The van der Waals surface area contributed by atoms with E-state index in [9.17, 15) is 4.39 Å². The number of nitrogens with zero attached hydrogens (tertiary/aromatic N) is 1. The molecule has 2 aromatic carbocycles. The predicted molar refractivity (Wildman–Crippen MR) is 85.7 cm³/mol. The summed E-state index contributed by atoms with van der Waals surface area (Å²) in [5, 5.41) is 0. The summed E-state index contributed by atoms with van der Waals surface area (Å²) in [6.07, 6.45) is -0.341. The van der Waals surface area contributed by atoms with Gasteiger partial charge in [-0.25, -0.2) is 9.38 Å². The normalized spacial score (nSPS) is 21.4. The fourth-order valence-electron chi connectivity index (χ4n) is 2.23. The first-order valence-corrected chi connectivity index (χ1v) is 7.47. The molecule has 20 heavy (non-hydrogen) atoms. The van der Waals surface area contributed by atoms with E-state index in [1.54, 1.807) is 0 Å². The van der Waals surface area contributed by atoms with Gasteiger partial charge in [0.25, 0.3) is 0 Å². The second-order valence-electron chi connectivity index (χ2n) is 4.61. The maximum atomic E-state index is 13.2. The first kappa shape index (κ1) is 13.5. The number of hydrogen-bond donors (Lipinski definition) is 0. The molecule has 0 aliphatic carbocycles. The van der Waals surface area contributed by atoms with Gasteiger partial charge in [0.2, 0.25) is 5.90 Å². The molecule has 0 bridgehead atoms. The lowest BCUT2D eigenvalue weighted by molar-refractivity contribution is 0.181. The molecule has 2 nitrogen and oxygen atoms in total. The summed E-state index contributed by atoms with van der Waals surface area (Å²) in [7, 11) is 0. The summed E-state index contributed by atoms with van der Waals surface area (Å²) >= 11 is 2.24. The van der Waals surface area contributed by atoms with Gasteiger partial charge in [0, 0.05) is 9.13 Å². The van der Waals surface area contributed by atoms with E-state index in [2.05, 4.69) is 27.6 Å². The summed E-state index contributed by atoms with van der Waals surface area (Å²) in [6.45, 7) is -0.521. The van der Waals surface area contributed by atoms with Gasteiger partial charge in [0.15, 0.2) is 6.10 Å². The maximum absolute atomic E-state index is 13.2. The van der Waals surface area contributed by atoms with Crippen molar-refractivity contribution in [2.75, 3.05) is 6.67 Å². The lowest BCUT2D eigenvalue weighted by atomic mass is 10.0. The van der Waals surface area contributed by atoms with Crippen LogP contribution in [0.15, 0.2) is 59.6 Å². The molecule has 1 aliphatic rings. The molecule has 1 heterocycles.